The van der Waals surface area contributed by atoms with Crippen LogP contribution in [0.1, 0.15) is 99.3 Å². The SMILES string of the molecule is CC(C)=CCC[C@]1(C)CCC[C@]2(C)C(CCC3(C)OCCO3)=C(C)CCC12. The topological polar surface area (TPSA) is 18.5 Å². The number of hydrogen-bond acceptors (Lipinski definition) is 2. The summed E-state index contributed by atoms with van der Waals surface area (Å²) < 4.78 is 11.8. The zero-order chi connectivity index (χ0) is 19.7. The molecule has 0 bridgehead atoms. The molecule has 0 aromatic rings. The molecule has 0 aromatic heterocycles. The third-order valence-electron chi connectivity index (χ3n) is 8.06. The average Bonchev–Trinajstić information content (AvgIpc) is 3.00. The van der Waals surface area contributed by atoms with Crippen LogP contribution in [-0.2, 0) is 9.47 Å². The standard InChI is InChI=1S/C25H42O2/c1-19(2)9-7-13-23(4)14-8-15-24(5)21(20(3)10-11-22(23)24)12-16-25(6)26-17-18-27-25/h9,22H,7-8,10-18H2,1-6H3/t22?,23-,24-/m1/s1. The van der Waals surface area contributed by atoms with Crippen molar-refractivity contribution >= 4 is 0 Å². The molecule has 2 nitrogen and oxygen atoms in total. The van der Waals surface area contributed by atoms with Gasteiger partial charge >= 0.3 is 0 Å². The second-order valence-electron chi connectivity index (χ2n) is 10.4. The van der Waals surface area contributed by atoms with Crippen molar-refractivity contribution in [3.63, 3.8) is 0 Å². The van der Waals surface area contributed by atoms with Crippen LogP contribution in [0, 0.1) is 16.7 Å². The largest absolute Gasteiger partial charge is 0.348 e. The monoisotopic (exact) mass is 374 g/mol. The van der Waals surface area contributed by atoms with E-state index in [9.17, 15) is 0 Å². The summed E-state index contributed by atoms with van der Waals surface area (Å²) >= 11 is 0. The summed E-state index contributed by atoms with van der Waals surface area (Å²) in [5.41, 5.74) is 5.71. The van der Waals surface area contributed by atoms with Crippen LogP contribution in [0.5, 0.6) is 0 Å². The second-order valence-corrected chi connectivity index (χ2v) is 10.4. The summed E-state index contributed by atoms with van der Waals surface area (Å²) in [6.45, 7) is 15.7. The molecule has 1 heterocycles. The maximum Gasteiger partial charge on any atom is 0.166 e. The zero-order valence-electron chi connectivity index (χ0n) is 18.7. The summed E-state index contributed by atoms with van der Waals surface area (Å²) in [4.78, 5) is 0. The van der Waals surface area contributed by atoms with Crippen molar-refractivity contribution in [1.82, 2.24) is 0 Å². The molecule has 3 atom stereocenters. The van der Waals surface area contributed by atoms with Gasteiger partial charge in [-0.2, -0.15) is 0 Å². The van der Waals surface area contributed by atoms with E-state index in [0.29, 0.717) is 10.8 Å². The van der Waals surface area contributed by atoms with Crippen LogP contribution in [0.4, 0.5) is 0 Å². The van der Waals surface area contributed by atoms with Crippen LogP contribution >= 0.6 is 0 Å². The molecule has 0 spiro atoms. The van der Waals surface area contributed by atoms with E-state index < -0.39 is 0 Å². The fraction of sp³-hybridized carbons (Fsp3) is 0.840. The van der Waals surface area contributed by atoms with Crippen LogP contribution < -0.4 is 0 Å². The summed E-state index contributed by atoms with van der Waals surface area (Å²) in [6.07, 6.45) is 14.0. The van der Waals surface area contributed by atoms with Gasteiger partial charge in [0.25, 0.3) is 0 Å². The van der Waals surface area contributed by atoms with E-state index in [1.54, 1.807) is 11.1 Å². The molecule has 1 aliphatic heterocycles. The molecular weight excluding hydrogens is 332 g/mol. The summed E-state index contributed by atoms with van der Waals surface area (Å²) in [5, 5.41) is 0. The van der Waals surface area contributed by atoms with Gasteiger partial charge in [-0.05, 0) is 89.4 Å². The maximum absolute atomic E-state index is 5.90. The lowest BCUT2D eigenvalue weighted by molar-refractivity contribution is -0.147. The van der Waals surface area contributed by atoms with Gasteiger partial charge in [0.2, 0.25) is 0 Å². The summed E-state index contributed by atoms with van der Waals surface area (Å²) in [6, 6.07) is 0. The van der Waals surface area contributed by atoms with Crippen molar-refractivity contribution in [3.8, 4) is 0 Å². The van der Waals surface area contributed by atoms with E-state index >= 15 is 0 Å². The van der Waals surface area contributed by atoms with Gasteiger partial charge in [-0.3, -0.25) is 0 Å². The highest BCUT2D eigenvalue weighted by molar-refractivity contribution is 5.27. The molecule has 0 amide bonds. The van der Waals surface area contributed by atoms with Crippen LogP contribution in [0.15, 0.2) is 22.8 Å². The molecule has 1 saturated carbocycles. The Morgan fingerprint density at radius 1 is 1.07 bits per heavy atom. The Morgan fingerprint density at radius 2 is 1.78 bits per heavy atom. The van der Waals surface area contributed by atoms with Crippen LogP contribution in [-0.4, -0.2) is 19.0 Å². The molecule has 3 rings (SSSR count). The van der Waals surface area contributed by atoms with Crippen LogP contribution in [0.25, 0.3) is 0 Å². The molecule has 1 saturated heterocycles. The smallest absolute Gasteiger partial charge is 0.166 e. The third-order valence-corrected chi connectivity index (χ3v) is 8.06. The highest BCUT2D eigenvalue weighted by atomic mass is 16.7. The van der Waals surface area contributed by atoms with Crippen molar-refractivity contribution in [2.75, 3.05) is 13.2 Å². The lowest BCUT2D eigenvalue weighted by atomic mass is 9.48. The van der Waals surface area contributed by atoms with E-state index in [2.05, 4.69) is 47.6 Å². The van der Waals surface area contributed by atoms with E-state index in [0.717, 1.165) is 32.0 Å². The normalized spacial score (nSPS) is 35.9. The second kappa shape index (κ2) is 8.03. The van der Waals surface area contributed by atoms with E-state index in [-0.39, 0.29) is 5.79 Å². The Balaban J connectivity index is 1.78. The number of ether oxygens (including phenoxy) is 2. The van der Waals surface area contributed by atoms with Gasteiger partial charge in [0.05, 0.1) is 13.2 Å². The summed E-state index contributed by atoms with van der Waals surface area (Å²) in [5.74, 6) is 0.457. The molecule has 2 fully saturated rings. The van der Waals surface area contributed by atoms with Gasteiger partial charge in [-0.15, -0.1) is 0 Å². The van der Waals surface area contributed by atoms with Crippen molar-refractivity contribution < 1.29 is 9.47 Å². The van der Waals surface area contributed by atoms with Crippen LogP contribution in [0.2, 0.25) is 0 Å². The minimum absolute atomic E-state index is 0.363. The Labute approximate surface area is 167 Å². The zero-order valence-corrected chi connectivity index (χ0v) is 18.7. The maximum atomic E-state index is 5.90. The predicted molar refractivity (Wildman–Crippen MR) is 114 cm³/mol. The molecule has 154 valence electrons. The molecule has 2 aliphatic carbocycles. The fourth-order valence-electron chi connectivity index (χ4n) is 6.55. The van der Waals surface area contributed by atoms with Crippen LogP contribution in [0.3, 0.4) is 0 Å². The predicted octanol–water partition coefficient (Wildman–Crippen LogP) is 7.20. The molecule has 27 heavy (non-hydrogen) atoms. The lowest BCUT2D eigenvalue weighted by Gasteiger charge is -2.56. The number of fused-ring (bicyclic) bond motifs is 1. The Bertz CT molecular complexity index is 591. The van der Waals surface area contributed by atoms with Gasteiger partial charge in [0.1, 0.15) is 0 Å². The Kier molecular flexibility index (Phi) is 6.28. The minimum atomic E-state index is -0.363. The van der Waals surface area contributed by atoms with Gasteiger partial charge in [0.15, 0.2) is 5.79 Å². The average molecular weight is 375 g/mol. The highest BCUT2D eigenvalue weighted by Gasteiger charge is 2.51. The van der Waals surface area contributed by atoms with Gasteiger partial charge < -0.3 is 9.47 Å². The van der Waals surface area contributed by atoms with Crippen molar-refractivity contribution in [2.45, 2.75) is 105 Å². The first kappa shape index (κ1) is 21.1. The van der Waals surface area contributed by atoms with Gasteiger partial charge in [-0.25, -0.2) is 0 Å². The van der Waals surface area contributed by atoms with E-state index in [1.807, 2.05) is 0 Å². The summed E-state index contributed by atoms with van der Waals surface area (Å²) in [7, 11) is 0. The first-order valence-corrected chi connectivity index (χ1v) is 11.3. The quantitative estimate of drug-likeness (QED) is 0.458. The van der Waals surface area contributed by atoms with E-state index in [4.69, 9.17) is 9.47 Å². The number of rotatable bonds is 6. The fourth-order valence-corrected chi connectivity index (χ4v) is 6.55. The third kappa shape index (κ3) is 4.37. The minimum Gasteiger partial charge on any atom is -0.348 e. The van der Waals surface area contributed by atoms with Gasteiger partial charge in [0, 0.05) is 6.42 Å². The molecule has 0 aromatic carbocycles. The molecule has 1 unspecified atom stereocenters. The number of hydrogen-bond donors (Lipinski definition) is 0. The van der Waals surface area contributed by atoms with Crippen molar-refractivity contribution in [3.05, 3.63) is 22.8 Å². The van der Waals surface area contributed by atoms with Crippen molar-refractivity contribution in [1.29, 1.82) is 0 Å². The van der Waals surface area contributed by atoms with E-state index in [1.165, 1.54) is 50.5 Å². The first-order chi connectivity index (χ1) is 12.7. The molecule has 0 radical (unpaired) electrons. The number of allylic oxidation sites excluding steroid dienone is 4. The first-order valence-electron chi connectivity index (χ1n) is 11.3. The Morgan fingerprint density at radius 3 is 2.44 bits per heavy atom. The Hall–Kier alpha value is -0.600. The molecule has 3 aliphatic rings. The molecular formula is C25H42O2. The molecule has 0 N–H and O–H groups in total. The van der Waals surface area contributed by atoms with Crippen molar-refractivity contribution in [2.24, 2.45) is 16.7 Å². The van der Waals surface area contributed by atoms with Gasteiger partial charge in [-0.1, -0.05) is 43.1 Å². The highest BCUT2D eigenvalue weighted by Crippen LogP contribution is 2.62. The molecule has 2 heteroatoms. The lowest BCUT2D eigenvalue weighted by Crippen LogP contribution is -2.47.